The minimum atomic E-state index is -1.34. The molecule has 1 aromatic rings. The van der Waals surface area contributed by atoms with Gasteiger partial charge in [0.15, 0.2) is 0 Å². The Morgan fingerprint density at radius 1 is 1.31 bits per heavy atom. The van der Waals surface area contributed by atoms with Crippen LogP contribution >= 0.6 is 0 Å². The molecule has 0 radical (unpaired) electrons. The van der Waals surface area contributed by atoms with E-state index < -0.39 is 24.0 Å². The maximum absolute atomic E-state index is 12.6. The standard InChI is InChI=1S/C20H27NO8/c1-3-17(26-15-25-10-9-24-2)18(13-20(14-21-23)27-11-12-28-20)29-19(22)16-7-5-4-6-8-16/h3-8,14,17-18,23H,1,9-13,15H2,2H3/b21-14+/t17-,18-/m1/s1. The molecule has 9 nitrogen and oxygen atoms in total. The van der Waals surface area contributed by atoms with Gasteiger partial charge < -0.3 is 33.6 Å². The summed E-state index contributed by atoms with van der Waals surface area (Å²) in [6.07, 6.45) is 1.09. The number of rotatable bonds is 13. The molecule has 1 saturated heterocycles. The van der Waals surface area contributed by atoms with Crippen molar-refractivity contribution in [1.82, 2.24) is 0 Å². The number of hydrogen-bond donors (Lipinski definition) is 1. The van der Waals surface area contributed by atoms with Crippen molar-refractivity contribution >= 4 is 12.2 Å². The Bertz CT molecular complexity index is 645. The van der Waals surface area contributed by atoms with E-state index in [1.54, 1.807) is 37.4 Å². The minimum absolute atomic E-state index is 0.0321. The van der Waals surface area contributed by atoms with E-state index in [-0.39, 0.29) is 13.2 Å². The van der Waals surface area contributed by atoms with Crippen LogP contribution in [-0.4, -0.2) is 75.7 Å². The number of esters is 1. The van der Waals surface area contributed by atoms with E-state index in [0.29, 0.717) is 32.0 Å². The molecule has 1 aromatic carbocycles. The molecule has 0 aromatic heterocycles. The Morgan fingerprint density at radius 2 is 2.03 bits per heavy atom. The molecule has 0 aliphatic carbocycles. The number of ether oxygens (including phenoxy) is 6. The SMILES string of the molecule is C=C[C@@H](OCOCCOC)[C@@H](CC1(/C=N/O)OCCO1)OC(=O)c1ccccc1. The van der Waals surface area contributed by atoms with Crippen molar-refractivity contribution in [2.75, 3.05) is 40.3 Å². The molecule has 2 atom stereocenters. The number of benzene rings is 1. The fraction of sp³-hybridized carbons (Fsp3) is 0.500. The van der Waals surface area contributed by atoms with Crippen molar-refractivity contribution in [3.63, 3.8) is 0 Å². The summed E-state index contributed by atoms with van der Waals surface area (Å²) in [6, 6.07) is 8.56. The van der Waals surface area contributed by atoms with E-state index in [2.05, 4.69) is 11.7 Å². The molecule has 29 heavy (non-hydrogen) atoms. The third kappa shape index (κ3) is 7.22. The number of methoxy groups -OCH3 is 1. The van der Waals surface area contributed by atoms with Gasteiger partial charge in [0.2, 0.25) is 5.79 Å². The molecule has 9 heteroatoms. The summed E-state index contributed by atoms with van der Waals surface area (Å²) < 4.78 is 32.8. The lowest BCUT2D eigenvalue weighted by Gasteiger charge is -2.31. The molecule has 1 N–H and O–H groups in total. The van der Waals surface area contributed by atoms with Gasteiger partial charge in [-0.15, -0.1) is 6.58 Å². The molecule has 1 aliphatic rings. The summed E-state index contributed by atoms with van der Waals surface area (Å²) in [6.45, 7) is 5.10. The third-order valence-corrected chi connectivity index (χ3v) is 4.16. The average molecular weight is 409 g/mol. The maximum atomic E-state index is 12.6. The first kappa shape index (κ1) is 23.0. The first-order chi connectivity index (χ1) is 14.1. The van der Waals surface area contributed by atoms with Crippen LogP contribution in [0.5, 0.6) is 0 Å². The minimum Gasteiger partial charge on any atom is -0.455 e. The predicted octanol–water partition coefficient (Wildman–Crippen LogP) is 2.00. The molecular formula is C20H27NO8. The van der Waals surface area contributed by atoms with Crippen LogP contribution in [0.2, 0.25) is 0 Å². The van der Waals surface area contributed by atoms with Gasteiger partial charge in [-0.1, -0.05) is 29.4 Å². The van der Waals surface area contributed by atoms with E-state index in [1.807, 2.05) is 0 Å². The number of nitrogens with zero attached hydrogens (tertiary/aromatic N) is 1. The van der Waals surface area contributed by atoms with Crippen molar-refractivity contribution in [2.45, 2.75) is 24.4 Å². The fourth-order valence-electron chi connectivity index (χ4n) is 2.74. The van der Waals surface area contributed by atoms with E-state index >= 15 is 0 Å². The number of carbonyl (C=O) groups excluding carboxylic acids is 1. The number of carbonyl (C=O) groups is 1. The van der Waals surface area contributed by atoms with Gasteiger partial charge in [-0.25, -0.2) is 4.79 Å². The summed E-state index contributed by atoms with van der Waals surface area (Å²) in [4.78, 5) is 12.6. The summed E-state index contributed by atoms with van der Waals surface area (Å²) in [5.41, 5.74) is 0.384. The van der Waals surface area contributed by atoms with Gasteiger partial charge in [-0.3, -0.25) is 0 Å². The van der Waals surface area contributed by atoms with Crippen molar-refractivity contribution in [2.24, 2.45) is 5.16 Å². The Labute approximate surface area is 169 Å². The Balaban J connectivity index is 2.12. The highest BCUT2D eigenvalue weighted by atomic mass is 16.7. The van der Waals surface area contributed by atoms with Crippen molar-refractivity contribution < 1.29 is 38.4 Å². The van der Waals surface area contributed by atoms with Crippen LogP contribution in [0.4, 0.5) is 0 Å². The highest BCUT2D eigenvalue weighted by molar-refractivity contribution is 5.89. The first-order valence-corrected chi connectivity index (χ1v) is 9.17. The second-order valence-electron chi connectivity index (χ2n) is 6.15. The van der Waals surface area contributed by atoms with Gasteiger partial charge in [-0.05, 0) is 12.1 Å². The van der Waals surface area contributed by atoms with Crippen molar-refractivity contribution in [3.8, 4) is 0 Å². The molecule has 1 aliphatic heterocycles. The molecule has 0 amide bonds. The van der Waals surface area contributed by atoms with E-state index in [9.17, 15) is 4.79 Å². The summed E-state index contributed by atoms with van der Waals surface area (Å²) in [7, 11) is 1.57. The summed E-state index contributed by atoms with van der Waals surface area (Å²) >= 11 is 0. The molecule has 1 fully saturated rings. The lowest BCUT2D eigenvalue weighted by atomic mass is 10.0. The van der Waals surface area contributed by atoms with E-state index in [1.165, 1.54) is 6.08 Å². The topological polar surface area (TPSA) is 105 Å². The average Bonchev–Trinajstić information content (AvgIpc) is 3.19. The zero-order valence-electron chi connectivity index (χ0n) is 16.4. The lowest BCUT2D eigenvalue weighted by Crippen LogP contribution is -2.43. The van der Waals surface area contributed by atoms with Crippen molar-refractivity contribution in [3.05, 3.63) is 48.6 Å². The smallest absolute Gasteiger partial charge is 0.338 e. The highest BCUT2D eigenvalue weighted by Crippen LogP contribution is 2.27. The molecule has 1 heterocycles. The van der Waals surface area contributed by atoms with Crippen molar-refractivity contribution in [1.29, 1.82) is 0 Å². The Kier molecular flexibility index (Phi) is 9.75. The summed E-state index contributed by atoms with van der Waals surface area (Å²) in [5.74, 6) is -1.88. The second kappa shape index (κ2) is 12.3. The van der Waals surface area contributed by atoms with Gasteiger partial charge in [-0.2, -0.15) is 0 Å². The molecule has 0 unspecified atom stereocenters. The summed E-state index contributed by atoms with van der Waals surface area (Å²) in [5, 5.41) is 12.0. The largest absolute Gasteiger partial charge is 0.455 e. The van der Waals surface area contributed by atoms with Gasteiger partial charge in [0.05, 0.1) is 32.0 Å². The Morgan fingerprint density at radius 3 is 2.66 bits per heavy atom. The van der Waals surface area contributed by atoms with Gasteiger partial charge in [0, 0.05) is 13.5 Å². The lowest BCUT2D eigenvalue weighted by molar-refractivity contribution is -0.154. The van der Waals surface area contributed by atoms with Crippen LogP contribution in [-0.2, 0) is 28.4 Å². The molecular weight excluding hydrogens is 382 g/mol. The molecule has 0 bridgehead atoms. The van der Waals surface area contributed by atoms with Gasteiger partial charge >= 0.3 is 5.97 Å². The quantitative estimate of drug-likeness (QED) is 0.100. The molecule has 0 saturated carbocycles. The molecule has 160 valence electrons. The normalized spacial score (nSPS) is 17.8. The molecule has 2 rings (SSSR count). The number of oxime groups is 1. The van der Waals surface area contributed by atoms with E-state index in [0.717, 1.165) is 6.21 Å². The fourth-order valence-corrected chi connectivity index (χ4v) is 2.74. The van der Waals surface area contributed by atoms with Gasteiger partial charge in [0.25, 0.3) is 0 Å². The van der Waals surface area contributed by atoms with Crippen LogP contribution in [0.1, 0.15) is 16.8 Å². The zero-order chi connectivity index (χ0) is 21.0. The van der Waals surface area contributed by atoms with E-state index in [4.69, 9.17) is 33.6 Å². The van der Waals surface area contributed by atoms with Gasteiger partial charge in [0.1, 0.15) is 25.2 Å². The monoisotopic (exact) mass is 409 g/mol. The molecule has 0 spiro atoms. The zero-order valence-corrected chi connectivity index (χ0v) is 16.4. The second-order valence-corrected chi connectivity index (χ2v) is 6.15. The third-order valence-electron chi connectivity index (χ3n) is 4.16. The van der Waals surface area contributed by atoms with Crippen LogP contribution < -0.4 is 0 Å². The van der Waals surface area contributed by atoms with Crippen LogP contribution in [0.25, 0.3) is 0 Å². The predicted molar refractivity (Wildman–Crippen MR) is 103 cm³/mol. The Hall–Kier alpha value is -2.30. The number of hydrogen-bond acceptors (Lipinski definition) is 9. The first-order valence-electron chi connectivity index (χ1n) is 9.17. The maximum Gasteiger partial charge on any atom is 0.338 e. The van der Waals surface area contributed by atoms with Crippen LogP contribution in [0.3, 0.4) is 0 Å². The van der Waals surface area contributed by atoms with Crippen LogP contribution in [0, 0.1) is 0 Å². The van der Waals surface area contributed by atoms with Crippen LogP contribution in [0.15, 0.2) is 48.1 Å². The highest BCUT2D eigenvalue weighted by Gasteiger charge is 2.41.